The fourth-order valence-corrected chi connectivity index (χ4v) is 9.01. The van der Waals surface area contributed by atoms with Gasteiger partial charge in [-0.1, -0.05) is 140 Å². The second-order valence-corrected chi connectivity index (χ2v) is 15.3. The maximum Gasteiger partial charge on any atom is 0.159 e. The molecule has 282 valence electrons. The Morgan fingerprint density at radius 1 is 0.267 bits per heavy atom. The Kier molecular flexibility index (Phi) is 7.82. The first-order valence-corrected chi connectivity index (χ1v) is 20.3. The largest absolute Gasteiger partial charge is 0.454 e. The predicted molar refractivity (Wildman–Crippen MR) is 251 cm³/mol. The summed E-state index contributed by atoms with van der Waals surface area (Å²) in [5.41, 5.74) is 12.1. The number of para-hydroxylation sites is 6. The van der Waals surface area contributed by atoms with Crippen molar-refractivity contribution in [3.8, 4) is 11.1 Å². The Morgan fingerprint density at radius 2 is 0.700 bits per heavy atom. The molecular formula is C56H36N2O2. The maximum absolute atomic E-state index is 6.54. The molecule has 0 bridgehead atoms. The molecule has 0 atom stereocenters. The van der Waals surface area contributed by atoms with E-state index in [1.165, 1.54) is 27.1 Å². The molecule has 60 heavy (non-hydrogen) atoms. The van der Waals surface area contributed by atoms with Crippen molar-refractivity contribution in [2.75, 3.05) is 9.80 Å². The van der Waals surface area contributed by atoms with Crippen LogP contribution >= 0.6 is 0 Å². The third-order valence-corrected chi connectivity index (χ3v) is 11.8. The Bertz CT molecular complexity index is 3550. The molecular weight excluding hydrogens is 733 g/mol. The zero-order valence-electron chi connectivity index (χ0n) is 32.5. The van der Waals surface area contributed by atoms with Crippen LogP contribution in [0.3, 0.4) is 0 Å². The third kappa shape index (κ3) is 5.53. The van der Waals surface area contributed by atoms with Crippen LogP contribution in [0.25, 0.3) is 76.5 Å². The summed E-state index contributed by atoms with van der Waals surface area (Å²) in [5.74, 6) is 0. The van der Waals surface area contributed by atoms with Gasteiger partial charge in [-0.15, -0.1) is 0 Å². The zero-order valence-corrected chi connectivity index (χ0v) is 32.5. The highest BCUT2D eigenvalue weighted by Crippen LogP contribution is 2.45. The van der Waals surface area contributed by atoms with Crippen LogP contribution in [0.15, 0.2) is 227 Å². The van der Waals surface area contributed by atoms with Gasteiger partial charge in [0.05, 0.1) is 11.4 Å². The number of hydrogen-bond donors (Lipinski definition) is 0. The standard InChI is InChI=1S/C56H36N2O2/c1-3-13-41(14-4-1)57(51-21-11-19-49-47-17-7-9-23-53(47)59-55(49)51)43-30-27-37(28-31-43)38-29-33-45-39(35-38)25-26-40-36-44(32-34-46(40)45)58(42-15-5-2-6-16-42)52-22-12-20-50-48-18-8-10-24-54(48)60-56(50)52/h1-36H. The van der Waals surface area contributed by atoms with Crippen molar-refractivity contribution in [1.29, 1.82) is 0 Å². The summed E-state index contributed by atoms with van der Waals surface area (Å²) >= 11 is 0. The highest BCUT2D eigenvalue weighted by atomic mass is 16.3. The van der Waals surface area contributed by atoms with Crippen LogP contribution in [0.2, 0.25) is 0 Å². The second kappa shape index (κ2) is 13.8. The highest BCUT2D eigenvalue weighted by Gasteiger charge is 2.21. The normalized spacial score (nSPS) is 11.7. The van der Waals surface area contributed by atoms with E-state index in [-0.39, 0.29) is 0 Å². The number of nitrogens with zero attached hydrogens (tertiary/aromatic N) is 2. The van der Waals surface area contributed by atoms with Gasteiger partial charge in [-0.2, -0.15) is 0 Å². The van der Waals surface area contributed by atoms with Crippen molar-refractivity contribution < 1.29 is 8.83 Å². The van der Waals surface area contributed by atoms with Crippen molar-refractivity contribution in [3.05, 3.63) is 218 Å². The van der Waals surface area contributed by atoms with Crippen molar-refractivity contribution in [1.82, 2.24) is 0 Å². The summed E-state index contributed by atoms with van der Waals surface area (Å²) in [7, 11) is 0. The summed E-state index contributed by atoms with van der Waals surface area (Å²) in [6.07, 6.45) is 0. The van der Waals surface area contributed by atoms with Crippen molar-refractivity contribution >= 4 is 99.5 Å². The van der Waals surface area contributed by atoms with Gasteiger partial charge in [0.15, 0.2) is 11.2 Å². The molecule has 12 aromatic rings. The van der Waals surface area contributed by atoms with Gasteiger partial charge in [-0.25, -0.2) is 0 Å². The fraction of sp³-hybridized carbons (Fsp3) is 0. The first-order chi connectivity index (χ1) is 29.7. The minimum Gasteiger partial charge on any atom is -0.454 e. The summed E-state index contributed by atoms with van der Waals surface area (Å²) < 4.78 is 13.0. The first kappa shape index (κ1) is 34.0. The molecule has 0 unspecified atom stereocenters. The number of anilines is 6. The molecule has 10 aromatic carbocycles. The van der Waals surface area contributed by atoms with E-state index in [1.54, 1.807) is 0 Å². The van der Waals surface area contributed by atoms with Crippen LogP contribution in [-0.4, -0.2) is 0 Å². The molecule has 0 saturated heterocycles. The first-order valence-electron chi connectivity index (χ1n) is 20.3. The average Bonchev–Trinajstić information content (AvgIpc) is 3.90. The molecule has 0 radical (unpaired) electrons. The molecule has 0 aliphatic carbocycles. The Balaban J connectivity index is 0.911. The van der Waals surface area contributed by atoms with Gasteiger partial charge in [-0.3, -0.25) is 0 Å². The lowest BCUT2D eigenvalue weighted by Gasteiger charge is -2.26. The van der Waals surface area contributed by atoms with Crippen LogP contribution in [0.4, 0.5) is 34.1 Å². The number of hydrogen-bond acceptors (Lipinski definition) is 4. The lowest BCUT2D eigenvalue weighted by Crippen LogP contribution is -2.10. The SMILES string of the molecule is c1ccc(N(c2ccc(-c3ccc4c(ccc5cc(N(c6ccccc6)c6cccc7c6oc6ccccc67)ccc54)c3)cc2)c2cccc3c2oc2ccccc23)cc1. The van der Waals surface area contributed by atoms with Gasteiger partial charge in [0.1, 0.15) is 11.2 Å². The Morgan fingerprint density at radius 3 is 1.28 bits per heavy atom. The van der Waals surface area contributed by atoms with E-state index < -0.39 is 0 Å². The van der Waals surface area contributed by atoms with E-state index in [9.17, 15) is 0 Å². The third-order valence-electron chi connectivity index (χ3n) is 11.8. The summed E-state index contributed by atoms with van der Waals surface area (Å²) in [6.45, 7) is 0. The Labute approximate surface area is 346 Å². The zero-order chi connectivity index (χ0) is 39.6. The minimum absolute atomic E-state index is 0.872. The maximum atomic E-state index is 6.54. The van der Waals surface area contributed by atoms with Crippen LogP contribution in [0.5, 0.6) is 0 Å². The van der Waals surface area contributed by atoms with Crippen LogP contribution in [-0.2, 0) is 0 Å². The molecule has 2 aromatic heterocycles. The minimum atomic E-state index is 0.872. The molecule has 2 heterocycles. The summed E-state index contributed by atoms with van der Waals surface area (Å²) in [6, 6.07) is 77.3. The lowest BCUT2D eigenvalue weighted by molar-refractivity contribution is 0.668. The molecule has 0 saturated carbocycles. The molecule has 0 amide bonds. The van der Waals surface area contributed by atoms with Gasteiger partial charge in [-0.05, 0) is 112 Å². The average molecular weight is 769 g/mol. The molecule has 0 aliphatic rings. The van der Waals surface area contributed by atoms with E-state index in [1.807, 2.05) is 24.3 Å². The van der Waals surface area contributed by atoms with Crippen LogP contribution in [0, 0.1) is 0 Å². The lowest BCUT2D eigenvalue weighted by atomic mass is 9.96. The topological polar surface area (TPSA) is 32.8 Å². The van der Waals surface area contributed by atoms with Gasteiger partial charge >= 0.3 is 0 Å². The highest BCUT2D eigenvalue weighted by molar-refractivity contribution is 6.13. The summed E-state index contributed by atoms with van der Waals surface area (Å²) in [5, 5.41) is 9.26. The van der Waals surface area contributed by atoms with Crippen LogP contribution in [0.1, 0.15) is 0 Å². The van der Waals surface area contributed by atoms with Crippen molar-refractivity contribution in [2.24, 2.45) is 0 Å². The number of rotatable bonds is 7. The quantitative estimate of drug-likeness (QED) is 0.151. The van der Waals surface area contributed by atoms with E-state index in [0.29, 0.717) is 0 Å². The Hall–Kier alpha value is -8.08. The molecule has 0 spiro atoms. The van der Waals surface area contributed by atoms with Gasteiger partial charge in [0, 0.05) is 44.3 Å². The predicted octanol–water partition coefficient (Wildman–Crippen LogP) is 16.4. The molecule has 0 fully saturated rings. The van der Waals surface area contributed by atoms with E-state index in [4.69, 9.17) is 8.83 Å². The van der Waals surface area contributed by atoms with Crippen molar-refractivity contribution in [2.45, 2.75) is 0 Å². The second-order valence-electron chi connectivity index (χ2n) is 15.3. The molecule has 4 heteroatoms. The molecule has 4 nitrogen and oxygen atoms in total. The van der Waals surface area contributed by atoms with Gasteiger partial charge in [0.25, 0.3) is 0 Å². The van der Waals surface area contributed by atoms with Crippen LogP contribution < -0.4 is 9.80 Å². The van der Waals surface area contributed by atoms with Crippen molar-refractivity contribution in [3.63, 3.8) is 0 Å². The smallest absolute Gasteiger partial charge is 0.159 e. The molecule has 0 aliphatic heterocycles. The number of fused-ring (bicyclic) bond motifs is 9. The summed E-state index contributed by atoms with van der Waals surface area (Å²) in [4.78, 5) is 4.59. The molecule has 0 N–H and O–H groups in total. The van der Waals surface area contributed by atoms with E-state index in [2.05, 4.69) is 204 Å². The number of furan rings is 2. The van der Waals surface area contributed by atoms with Gasteiger partial charge in [0.2, 0.25) is 0 Å². The van der Waals surface area contributed by atoms with E-state index >= 15 is 0 Å². The number of benzene rings is 10. The van der Waals surface area contributed by atoms with Gasteiger partial charge < -0.3 is 18.6 Å². The van der Waals surface area contributed by atoms with E-state index in [0.717, 1.165) is 83.6 Å². The molecule has 12 rings (SSSR count). The fourth-order valence-electron chi connectivity index (χ4n) is 9.01. The monoisotopic (exact) mass is 768 g/mol.